The first kappa shape index (κ1) is 26.4. The van der Waals surface area contributed by atoms with E-state index in [0.29, 0.717) is 27.6 Å². The lowest BCUT2D eigenvalue weighted by Gasteiger charge is -2.40. The molecule has 0 amide bonds. The summed E-state index contributed by atoms with van der Waals surface area (Å²) >= 11 is 2.76. The van der Waals surface area contributed by atoms with Gasteiger partial charge in [0, 0.05) is 37.6 Å². The highest BCUT2D eigenvalue weighted by molar-refractivity contribution is 7.12. The zero-order valence-corrected chi connectivity index (χ0v) is 23.5. The molecule has 3 heterocycles. The Morgan fingerprint density at radius 1 is 1.14 bits per heavy atom. The van der Waals surface area contributed by atoms with Crippen LogP contribution < -0.4 is 5.56 Å². The van der Waals surface area contributed by atoms with Crippen LogP contribution in [0.4, 0.5) is 0 Å². The molecule has 4 atom stereocenters. The highest BCUT2D eigenvalue weighted by atomic mass is 32.1. The van der Waals surface area contributed by atoms with Crippen molar-refractivity contribution < 1.29 is 19.1 Å². The molecular formula is C29H37N2O4S2+. The van der Waals surface area contributed by atoms with Crippen molar-refractivity contribution >= 4 is 28.6 Å². The number of hydrogen-bond acceptors (Lipinski definition) is 6. The summed E-state index contributed by atoms with van der Waals surface area (Å²) < 4.78 is 8.73. The van der Waals surface area contributed by atoms with Crippen LogP contribution in [0.3, 0.4) is 0 Å². The Morgan fingerprint density at radius 2 is 1.84 bits per heavy atom. The lowest BCUT2D eigenvalue weighted by atomic mass is 9.92. The van der Waals surface area contributed by atoms with E-state index in [9.17, 15) is 14.7 Å². The van der Waals surface area contributed by atoms with E-state index in [1.165, 1.54) is 22.7 Å². The molecule has 0 saturated heterocycles. The van der Waals surface area contributed by atoms with Gasteiger partial charge in [0.2, 0.25) is 5.60 Å². The van der Waals surface area contributed by atoms with Crippen molar-refractivity contribution in [2.75, 3.05) is 20.6 Å². The van der Waals surface area contributed by atoms with E-state index in [4.69, 9.17) is 4.74 Å². The highest BCUT2D eigenvalue weighted by Crippen LogP contribution is 2.50. The number of rotatable bonds is 10. The zero-order chi connectivity index (χ0) is 26.2. The van der Waals surface area contributed by atoms with Crippen LogP contribution in [-0.2, 0) is 28.6 Å². The number of carbonyl (C=O) groups is 1. The SMILES string of the molecule is Cn1ccc(CCCC[N+](C)(C)[C@H]2CC3CCC2C3OC(=O)C(O)(c2cccs2)c2cccs2)cc1=O. The minimum absolute atomic E-state index is 0.0428. The molecule has 0 spiro atoms. The fourth-order valence-electron chi connectivity index (χ4n) is 6.48. The molecule has 5 rings (SSSR count). The topological polar surface area (TPSA) is 68.5 Å². The van der Waals surface area contributed by atoms with Crippen LogP contribution in [0.5, 0.6) is 0 Å². The Bertz CT molecular complexity index is 1230. The lowest BCUT2D eigenvalue weighted by molar-refractivity contribution is -0.918. The van der Waals surface area contributed by atoms with E-state index in [2.05, 4.69) is 14.1 Å². The van der Waals surface area contributed by atoms with Crippen molar-refractivity contribution in [2.24, 2.45) is 18.9 Å². The summed E-state index contributed by atoms with van der Waals surface area (Å²) in [6, 6.07) is 11.6. The van der Waals surface area contributed by atoms with Gasteiger partial charge in [0.1, 0.15) is 6.10 Å². The molecule has 2 fully saturated rings. The number of unbranched alkanes of at least 4 members (excludes halogenated alkanes) is 1. The number of pyridine rings is 1. The molecule has 3 aromatic rings. The minimum Gasteiger partial charge on any atom is -0.459 e. The van der Waals surface area contributed by atoms with E-state index >= 15 is 0 Å². The van der Waals surface area contributed by atoms with Gasteiger partial charge in [-0.15, -0.1) is 22.7 Å². The van der Waals surface area contributed by atoms with Gasteiger partial charge in [0.25, 0.3) is 5.56 Å². The minimum atomic E-state index is -1.75. The maximum atomic E-state index is 13.6. The number of hydrogen-bond donors (Lipinski definition) is 1. The van der Waals surface area contributed by atoms with E-state index in [1.807, 2.05) is 47.3 Å². The average molecular weight is 542 g/mol. The number of quaternary nitrogens is 1. The molecule has 1 N–H and O–H groups in total. The summed E-state index contributed by atoms with van der Waals surface area (Å²) in [6.45, 7) is 1.05. The second-order valence-electron chi connectivity index (χ2n) is 11.3. The average Bonchev–Trinajstić information content (AvgIpc) is 3.69. The van der Waals surface area contributed by atoms with Gasteiger partial charge in [0.15, 0.2) is 0 Å². The molecule has 2 saturated carbocycles. The van der Waals surface area contributed by atoms with Crippen LogP contribution in [0.15, 0.2) is 58.1 Å². The van der Waals surface area contributed by atoms with Gasteiger partial charge >= 0.3 is 5.97 Å². The van der Waals surface area contributed by atoms with Gasteiger partial charge < -0.3 is 18.9 Å². The molecular weight excluding hydrogens is 504 g/mol. The van der Waals surface area contributed by atoms with Crippen molar-refractivity contribution in [2.45, 2.75) is 56.3 Å². The third kappa shape index (κ3) is 5.09. The smallest absolute Gasteiger partial charge is 0.349 e. The standard InChI is InChI=1S/C29H37N2O4S2/c1-30-14-13-20(18-26(30)32)8-4-5-15-31(2,3)23-19-21-11-12-22(23)27(21)35-28(33)29(34,24-9-6-16-36-24)25-10-7-17-37-25/h6-7,9-10,13-14,16-18,21-23,27,34H,4-5,8,11-12,15,19H2,1-3H3/q+1/t21?,22?,23-,27?/m0/s1. The van der Waals surface area contributed by atoms with Crippen molar-refractivity contribution in [3.05, 3.63) is 79.0 Å². The first-order chi connectivity index (χ1) is 17.7. The lowest BCUT2D eigenvalue weighted by Crippen LogP contribution is -2.52. The summed E-state index contributed by atoms with van der Waals surface area (Å²) in [5.74, 6) is 0.129. The second-order valence-corrected chi connectivity index (χ2v) is 13.2. The van der Waals surface area contributed by atoms with Crippen molar-refractivity contribution in [1.82, 2.24) is 4.57 Å². The van der Waals surface area contributed by atoms with Crippen LogP contribution in [-0.4, -0.2) is 52.9 Å². The second kappa shape index (κ2) is 10.5. The number of ether oxygens (including phenoxy) is 1. The monoisotopic (exact) mass is 541 g/mol. The maximum absolute atomic E-state index is 13.6. The molecule has 3 aromatic heterocycles. The van der Waals surface area contributed by atoms with Gasteiger partial charge in [-0.2, -0.15) is 0 Å². The molecule has 3 unspecified atom stereocenters. The molecule has 2 aliphatic carbocycles. The predicted molar refractivity (Wildman–Crippen MR) is 148 cm³/mol. The Labute approximate surface area is 226 Å². The van der Waals surface area contributed by atoms with Gasteiger partial charge in [-0.25, -0.2) is 4.79 Å². The highest BCUT2D eigenvalue weighted by Gasteiger charge is 2.57. The first-order valence-electron chi connectivity index (χ1n) is 13.2. The molecule has 0 aliphatic heterocycles. The maximum Gasteiger partial charge on any atom is 0.349 e. The molecule has 37 heavy (non-hydrogen) atoms. The number of esters is 1. The quantitative estimate of drug-likeness (QED) is 0.232. The van der Waals surface area contributed by atoms with Crippen LogP contribution >= 0.6 is 22.7 Å². The first-order valence-corrected chi connectivity index (χ1v) is 15.0. The van der Waals surface area contributed by atoms with E-state index in [-0.39, 0.29) is 11.7 Å². The summed E-state index contributed by atoms with van der Waals surface area (Å²) in [7, 11) is 6.38. The summed E-state index contributed by atoms with van der Waals surface area (Å²) in [6.07, 6.45) is 7.95. The van der Waals surface area contributed by atoms with Crippen molar-refractivity contribution in [3.63, 3.8) is 0 Å². The molecule has 0 radical (unpaired) electrons. The summed E-state index contributed by atoms with van der Waals surface area (Å²) in [4.78, 5) is 26.7. The van der Waals surface area contributed by atoms with Gasteiger partial charge in [-0.1, -0.05) is 12.1 Å². The number of fused-ring (bicyclic) bond motifs is 2. The Hall–Kier alpha value is -2.26. The number of nitrogens with zero attached hydrogens (tertiary/aromatic N) is 2. The van der Waals surface area contributed by atoms with Crippen LogP contribution in [0, 0.1) is 11.8 Å². The molecule has 2 aliphatic rings. The van der Waals surface area contributed by atoms with Gasteiger partial charge in [-0.05, 0) is 66.6 Å². The van der Waals surface area contributed by atoms with Crippen molar-refractivity contribution in [3.8, 4) is 0 Å². The Balaban J connectivity index is 1.22. The van der Waals surface area contributed by atoms with Gasteiger partial charge in [0.05, 0.1) is 36.4 Å². The Kier molecular flexibility index (Phi) is 7.47. The number of aryl methyl sites for hydroxylation is 2. The number of aromatic nitrogens is 1. The fourth-order valence-corrected chi connectivity index (χ4v) is 8.19. The van der Waals surface area contributed by atoms with E-state index < -0.39 is 11.6 Å². The van der Waals surface area contributed by atoms with E-state index in [1.54, 1.807) is 17.7 Å². The normalized spacial score (nSPS) is 23.5. The number of carbonyl (C=O) groups excluding carboxylic acids is 1. The third-order valence-electron chi connectivity index (χ3n) is 8.61. The molecule has 0 aromatic carbocycles. The number of aliphatic hydroxyl groups is 1. The largest absolute Gasteiger partial charge is 0.459 e. The molecule has 198 valence electrons. The molecule has 2 bridgehead atoms. The Morgan fingerprint density at radius 3 is 2.46 bits per heavy atom. The number of thiophene rings is 2. The fraction of sp³-hybridized carbons (Fsp3) is 0.517. The van der Waals surface area contributed by atoms with Gasteiger partial charge in [-0.3, -0.25) is 4.79 Å². The predicted octanol–water partition coefficient (Wildman–Crippen LogP) is 4.55. The zero-order valence-electron chi connectivity index (χ0n) is 21.8. The van der Waals surface area contributed by atoms with E-state index in [0.717, 1.165) is 55.1 Å². The van der Waals surface area contributed by atoms with Crippen LogP contribution in [0.25, 0.3) is 0 Å². The summed E-state index contributed by atoms with van der Waals surface area (Å²) in [5, 5.41) is 15.4. The van der Waals surface area contributed by atoms with Crippen LogP contribution in [0.1, 0.15) is 47.4 Å². The third-order valence-corrected chi connectivity index (χ3v) is 10.6. The molecule has 8 heteroatoms. The van der Waals surface area contributed by atoms with Crippen LogP contribution in [0.2, 0.25) is 0 Å². The van der Waals surface area contributed by atoms with Crippen molar-refractivity contribution in [1.29, 1.82) is 0 Å². The molecule has 6 nitrogen and oxygen atoms in total. The summed E-state index contributed by atoms with van der Waals surface area (Å²) in [5.41, 5.74) is -0.603.